The summed E-state index contributed by atoms with van der Waals surface area (Å²) < 4.78 is 0. The summed E-state index contributed by atoms with van der Waals surface area (Å²) >= 11 is 0. The molecule has 1 amide bonds. The van der Waals surface area contributed by atoms with Crippen LogP contribution in [0.15, 0.2) is 0 Å². The number of nitrogens with one attached hydrogen (secondary N) is 2. The van der Waals surface area contributed by atoms with Crippen molar-refractivity contribution in [2.75, 3.05) is 13.6 Å². The molecule has 0 saturated carbocycles. The summed E-state index contributed by atoms with van der Waals surface area (Å²) in [6.07, 6.45) is 1.08. The number of carboxylic acids is 1. The summed E-state index contributed by atoms with van der Waals surface area (Å²) in [7, 11) is 1.58. The average Bonchev–Trinajstić information content (AvgIpc) is 2.11. The molecule has 0 heterocycles. The Morgan fingerprint density at radius 3 is 2.54 bits per heavy atom. The Balaban J connectivity index is 3.35. The fourth-order valence-corrected chi connectivity index (χ4v) is 0.780. The van der Waals surface area contributed by atoms with Crippen LogP contribution in [-0.4, -0.2) is 36.6 Å². The van der Waals surface area contributed by atoms with Crippen molar-refractivity contribution in [2.45, 2.75) is 25.8 Å². The number of hydrogen-bond donors (Lipinski definition) is 3. The van der Waals surface area contributed by atoms with E-state index in [1.165, 1.54) is 0 Å². The van der Waals surface area contributed by atoms with Gasteiger partial charge in [-0.05, 0) is 19.9 Å². The van der Waals surface area contributed by atoms with Crippen molar-refractivity contribution < 1.29 is 14.7 Å². The second-order valence-corrected chi connectivity index (χ2v) is 2.79. The van der Waals surface area contributed by atoms with Crippen LogP contribution in [-0.2, 0) is 9.59 Å². The number of hydrogen-bond acceptors (Lipinski definition) is 3. The lowest BCUT2D eigenvalue weighted by molar-refractivity contribution is -0.138. The van der Waals surface area contributed by atoms with Gasteiger partial charge in [-0.3, -0.25) is 9.59 Å². The van der Waals surface area contributed by atoms with E-state index in [-0.39, 0.29) is 5.91 Å². The van der Waals surface area contributed by atoms with E-state index in [1.54, 1.807) is 14.0 Å². The lowest BCUT2D eigenvalue weighted by Crippen LogP contribution is -2.34. The van der Waals surface area contributed by atoms with Crippen molar-refractivity contribution in [3.05, 3.63) is 0 Å². The Morgan fingerprint density at radius 1 is 1.46 bits per heavy atom. The third-order valence-corrected chi connectivity index (χ3v) is 1.68. The molecule has 1 atom stereocenters. The Labute approximate surface area is 77.5 Å². The van der Waals surface area contributed by atoms with Gasteiger partial charge in [-0.1, -0.05) is 0 Å². The highest BCUT2D eigenvalue weighted by Crippen LogP contribution is 1.88. The van der Waals surface area contributed by atoms with Crippen molar-refractivity contribution >= 4 is 11.9 Å². The van der Waals surface area contributed by atoms with Crippen LogP contribution in [0.3, 0.4) is 0 Å². The molecule has 0 aromatic carbocycles. The predicted octanol–water partition coefficient (Wildman–Crippen LogP) is -0.425. The van der Waals surface area contributed by atoms with E-state index in [1.807, 2.05) is 0 Å². The summed E-state index contributed by atoms with van der Waals surface area (Å²) in [6.45, 7) is 2.11. The van der Waals surface area contributed by atoms with Crippen LogP contribution < -0.4 is 10.6 Å². The summed E-state index contributed by atoms with van der Waals surface area (Å²) in [5.74, 6) is -0.898. The number of aliphatic carboxylic acids is 1. The molecule has 0 aromatic rings. The van der Waals surface area contributed by atoms with E-state index in [0.717, 1.165) is 0 Å². The third-order valence-electron chi connectivity index (χ3n) is 1.68. The number of amides is 1. The van der Waals surface area contributed by atoms with Crippen LogP contribution in [0.25, 0.3) is 0 Å². The maximum Gasteiger partial charge on any atom is 0.320 e. The minimum atomic E-state index is -0.875. The van der Waals surface area contributed by atoms with Gasteiger partial charge >= 0.3 is 5.97 Å². The minimum Gasteiger partial charge on any atom is -0.480 e. The molecule has 13 heavy (non-hydrogen) atoms. The highest BCUT2D eigenvalue weighted by atomic mass is 16.4. The molecule has 0 aliphatic carbocycles. The van der Waals surface area contributed by atoms with Gasteiger partial charge in [0.15, 0.2) is 0 Å². The van der Waals surface area contributed by atoms with Crippen LogP contribution in [0.1, 0.15) is 19.8 Å². The van der Waals surface area contributed by atoms with Crippen LogP contribution in [0.5, 0.6) is 0 Å². The molecule has 0 rings (SSSR count). The Morgan fingerprint density at radius 2 is 2.08 bits per heavy atom. The Hall–Kier alpha value is -1.10. The van der Waals surface area contributed by atoms with E-state index in [2.05, 4.69) is 10.6 Å². The van der Waals surface area contributed by atoms with Crippen molar-refractivity contribution in [1.29, 1.82) is 0 Å². The van der Waals surface area contributed by atoms with Gasteiger partial charge in [0.1, 0.15) is 6.04 Å². The van der Waals surface area contributed by atoms with Crippen LogP contribution >= 0.6 is 0 Å². The molecule has 0 fully saturated rings. The first-order chi connectivity index (χ1) is 6.07. The largest absolute Gasteiger partial charge is 0.480 e. The summed E-state index contributed by atoms with van der Waals surface area (Å²) in [6, 6.07) is -0.551. The normalized spacial score (nSPS) is 12.2. The first-order valence-electron chi connectivity index (χ1n) is 4.24. The summed E-state index contributed by atoms with van der Waals surface area (Å²) in [5.41, 5.74) is 0. The van der Waals surface area contributed by atoms with Crippen molar-refractivity contribution in [2.24, 2.45) is 0 Å². The van der Waals surface area contributed by atoms with Gasteiger partial charge in [0, 0.05) is 13.5 Å². The quantitative estimate of drug-likeness (QED) is 0.494. The third kappa shape index (κ3) is 6.10. The summed E-state index contributed by atoms with van der Waals surface area (Å²) in [4.78, 5) is 21.1. The molecule has 0 aliphatic heterocycles. The monoisotopic (exact) mass is 188 g/mol. The second-order valence-electron chi connectivity index (χ2n) is 2.79. The smallest absolute Gasteiger partial charge is 0.320 e. The lowest BCUT2D eigenvalue weighted by atomic mass is 10.2. The molecule has 0 aliphatic rings. The molecule has 5 nitrogen and oxygen atoms in total. The molecule has 76 valence electrons. The maximum atomic E-state index is 10.7. The van der Waals surface area contributed by atoms with Gasteiger partial charge in [0.05, 0.1) is 0 Å². The first kappa shape index (κ1) is 11.9. The fraction of sp³-hybridized carbons (Fsp3) is 0.750. The molecule has 5 heteroatoms. The first-order valence-corrected chi connectivity index (χ1v) is 4.24. The molecule has 0 saturated heterocycles. The zero-order chi connectivity index (χ0) is 10.3. The predicted molar refractivity (Wildman–Crippen MR) is 48.4 cm³/mol. The lowest BCUT2D eigenvalue weighted by Gasteiger charge is -2.07. The molecule has 0 radical (unpaired) electrons. The van der Waals surface area contributed by atoms with Crippen LogP contribution in [0.2, 0.25) is 0 Å². The average molecular weight is 188 g/mol. The van der Waals surface area contributed by atoms with E-state index < -0.39 is 12.0 Å². The maximum absolute atomic E-state index is 10.7. The second kappa shape index (κ2) is 6.42. The van der Waals surface area contributed by atoms with Crippen molar-refractivity contribution in [3.63, 3.8) is 0 Å². The number of carbonyl (C=O) groups is 2. The summed E-state index contributed by atoms with van der Waals surface area (Å²) in [5, 5.41) is 13.8. The molecule has 3 N–H and O–H groups in total. The number of rotatable bonds is 6. The van der Waals surface area contributed by atoms with Crippen LogP contribution in [0.4, 0.5) is 0 Å². The van der Waals surface area contributed by atoms with E-state index in [4.69, 9.17) is 5.11 Å². The number of carboxylic acid groups (broad SMARTS) is 1. The highest BCUT2D eigenvalue weighted by molar-refractivity contribution is 5.75. The number of carbonyl (C=O) groups excluding carboxylic acids is 1. The van der Waals surface area contributed by atoms with Gasteiger partial charge < -0.3 is 15.7 Å². The van der Waals surface area contributed by atoms with E-state index >= 15 is 0 Å². The fourth-order valence-electron chi connectivity index (χ4n) is 0.780. The SMILES string of the molecule is CNC(=O)CCCNC(C)C(=O)O. The zero-order valence-corrected chi connectivity index (χ0v) is 7.96. The standard InChI is InChI=1S/C8H16N2O3/c1-6(8(12)13)10-5-3-4-7(11)9-2/h6,10H,3-5H2,1-2H3,(H,9,11)(H,12,13). The Bertz CT molecular complexity index is 182. The molecular formula is C8H16N2O3. The van der Waals surface area contributed by atoms with E-state index in [9.17, 15) is 9.59 Å². The van der Waals surface area contributed by atoms with Crippen molar-refractivity contribution in [3.8, 4) is 0 Å². The highest BCUT2D eigenvalue weighted by Gasteiger charge is 2.08. The zero-order valence-electron chi connectivity index (χ0n) is 7.96. The molecule has 0 spiro atoms. The molecule has 1 unspecified atom stereocenters. The Kier molecular flexibility index (Phi) is 5.88. The van der Waals surface area contributed by atoms with Gasteiger partial charge in [-0.25, -0.2) is 0 Å². The molecule has 0 bridgehead atoms. The minimum absolute atomic E-state index is 0.0234. The van der Waals surface area contributed by atoms with Gasteiger partial charge in [0.25, 0.3) is 0 Å². The van der Waals surface area contributed by atoms with Gasteiger partial charge in [0.2, 0.25) is 5.91 Å². The topological polar surface area (TPSA) is 78.4 Å². The van der Waals surface area contributed by atoms with Gasteiger partial charge in [-0.2, -0.15) is 0 Å². The van der Waals surface area contributed by atoms with Crippen molar-refractivity contribution in [1.82, 2.24) is 10.6 Å². The van der Waals surface area contributed by atoms with Gasteiger partial charge in [-0.15, -0.1) is 0 Å². The van der Waals surface area contributed by atoms with Crippen LogP contribution in [0, 0.1) is 0 Å². The molecule has 0 aromatic heterocycles. The molecular weight excluding hydrogens is 172 g/mol. The van der Waals surface area contributed by atoms with E-state index in [0.29, 0.717) is 19.4 Å².